The van der Waals surface area contributed by atoms with Gasteiger partial charge in [-0.2, -0.15) is 0 Å². The SMILES string of the molecule is CCC[CH2][Sn]([CH2]CCC)([CH2]CCC)[c]1cn(CCOC(c2ccccc2)(c2ccccc2)c2ccccc2)cn1. The Hall–Kier alpha value is -2.37. The zero-order chi connectivity index (χ0) is 28.1. The molecule has 0 aliphatic heterocycles. The maximum atomic E-state index is 7.05. The van der Waals surface area contributed by atoms with Gasteiger partial charge in [-0.1, -0.05) is 0 Å². The Kier molecular flexibility index (Phi) is 11.9. The summed E-state index contributed by atoms with van der Waals surface area (Å²) >= 11 is -2.55. The molecule has 0 aliphatic rings. The number of imidazole rings is 1. The molecule has 0 bridgehead atoms. The number of rotatable bonds is 17. The second-order valence-corrected chi connectivity index (χ2v) is 24.3. The van der Waals surface area contributed by atoms with Crippen LogP contribution in [0, 0.1) is 0 Å². The molecule has 1 aromatic heterocycles. The second-order valence-electron chi connectivity index (χ2n) is 11.2. The first-order valence-corrected chi connectivity index (χ1v) is 23.0. The van der Waals surface area contributed by atoms with Crippen molar-refractivity contribution in [3.05, 3.63) is 120 Å². The average Bonchev–Trinajstić information content (AvgIpc) is 3.50. The third-order valence-electron chi connectivity index (χ3n) is 8.41. The van der Waals surface area contributed by atoms with Crippen LogP contribution in [0.25, 0.3) is 0 Å². The van der Waals surface area contributed by atoms with E-state index in [1.165, 1.54) is 55.5 Å². The molecule has 0 aliphatic carbocycles. The molecule has 40 heavy (non-hydrogen) atoms. The second kappa shape index (κ2) is 15.6. The van der Waals surface area contributed by atoms with Gasteiger partial charge >= 0.3 is 248 Å². The monoisotopic (exact) mass is 644 g/mol. The third-order valence-corrected chi connectivity index (χ3v) is 23.5. The number of benzene rings is 3. The van der Waals surface area contributed by atoms with Crippen LogP contribution in [0.5, 0.6) is 0 Å². The molecule has 4 aromatic rings. The Balaban J connectivity index is 1.63. The molecule has 0 N–H and O–H groups in total. The van der Waals surface area contributed by atoms with Gasteiger partial charge in [0.05, 0.1) is 0 Å². The van der Waals surface area contributed by atoms with Crippen LogP contribution < -0.4 is 3.71 Å². The van der Waals surface area contributed by atoms with Gasteiger partial charge in [0.15, 0.2) is 0 Å². The standard InChI is InChI=1S/C24H21N2O.3C4H9.Sn/c1-4-10-21(11-5-1)24(22-12-6-2-7-13-22,23-14-8-3-9-15-23)27-19-18-26-17-16-25-20-26;3*1-3-4-2;/h1-15,17,20H,18-19H2;3*1,3-4H2,2H3;. The summed E-state index contributed by atoms with van der Waals surface area (Å²) in [5.74, 6) is 0. The van der Waals surface area contributed by atoms with Crippen LogP contribution in [-0.4, -0.2) is 34.5 Å². The van der Waals surface area contributed by atoms with E-state index in [1.54, 1.807) is 0 Å². The number of hydrogen-bond donors (Lipinski definition) is 0. The van der Waals surface area contributed by atoms with E-state index in [0.717, 1.165) is 23.2 Å². The third kappa shape index (κ3) is 7.28. The van der Waals surface area contributed by atoms with Gasteiger partial charge in [0, 0.05) is 0 Å². The van der Waals surface area contributed by atoms with Crippen LogP contribution in [-0.2, 0) is 16.9 Å². The van der Waals surface area contributed by atoms with Crippen molar-refractivity contribution in [2.24, 2.45) is 0 Å². The van der Waals surface area contributed by atoms with Crippen LogP contribution >= 0.6 is 0 Å². The molecule has 1 heterocycles. The average molecular weight is 644 g/mol. The van der Waals surface area contributed by atoms with E-state index in [-0.39, 0.29) is 0 Å². The van der Waals surface area contributed by atoms with Crippen molar-refractivity contribution in [1.82, 2.24) is 9.55 Å². The Bertz CT molecular complexity index is 1120. The van der Waals surface area contributed by atoms with Gasteiger partial charge in [0.1, 0.15) is 0 Å². The van der Waals surface area contributed by atoms with E-state index in [1.807, 2.05) is 0 Å². The molecule has 3 nitrogen and oxygen atoms in total. The van der Waals surface area contributed by atoms with Gasteiger partial charge in [0.2, 0.25) is 0 Å². The van der Waals surface area contributed by atoms with E-state index in [9.17, 15) is 0 Å². The Morgan fingerprint density at radius 3 is 1.48 bits per heavy atom. The van der Waals surface area contributed by atoms with Crippen molar-refractivity contribution in [2.45, 2.75) is 84.8 Å². The molecule has 212 valence electrons. The van der Waals surface area contributed by atoms with Crippen LogP contribution in [0.1, 0.15) is 76.0 Å². The predicted molar refractivity (Wildman–Crippen MR) is 172 cm³/mol. The molecule has 0 unspecified atom stereocenters. The van der Waals surface area contributed by atoms with Crippen molar-refractivity contribution >= 4 is 22.1 Å². The molecule has 0 radical (unpaired) electrons. The first-order chi connectivity index (χ1) is 19.7. The molecule has 0 atom stereocenters. The summed E-state index contributed by atoms with van der Waals surface area (Å²) in [6.07, 6.45) is 12.4. The van der Waals surface area contributed by atoms with E-state index in [0.29, 0.717) is 6.61 Å². The minimum absolute atomic E-state index is 0.593. The fraction of sp³-hybridized carbons (Fsp3) is 0.417. The van der Waals surface area contributed by atoms with E-state index in [2.05, 4.69) is 129 Å². The van der Waals surface area contributed by atoms with Gasteiger partial charge < -0.3 is 0 Å². The maximum absolute atomic E-state index is 7.05. The summed E-state index contributed by atoms with van der Waals surface area (Å²) in [5.41, 5.74) is 2.76. The van der Waals surface area contributed by atoms with E-state index in [4.69, 9.17) is 9.72 Å². The van der Waals surface area contributed by atoms with Crippen LogP contribution in [0.4, 0.5) is 0 Å². The first kappa shape index (κ1) is 30.6. The van der Waals surface area contributed by atoms with Crippen LogP contribution in [0.15, 0.2) is 104 Å². The van der Waals surface area contributed by atoms with E-state index < -0.39 is 24.0 Å². The number of nitrogens with zero attached hydrogens (tertiary/aromatic N) is 2. The van der Waals surface area contributed by atoms with Crippen molar-refractivity contribution in [1.29, 1.82) is 0 Å². The van der Waals surface area contributed by atoms with Gasteiger partial charge in [-0.05, 0) is 0 Å². The molecular formula is C36H48N2OSn. The zero-order valence-corrected chi connectivity index (χ0v) is 27.7. The summed E-state index contributed by atoms with van der Waals surface area (Å²) in [6.45, 7) is 8.40. The van der Waals surface area contributed by atoms with Gasteiger partial charge in [-0.3, -0.25) is 0 Å². The quantitative estimate of drug-likeness (QED) is 0.0849. The topological polar surface area (TPSA) is 27.1 Å². The first-order valence-electron chi connectivity index (χ1n) is 15.5. The summed E-state index contributed by atoms with van der Waals surface area (Å²) in [6, 6.07) is 32.0. The minimum atomic E-state index is -2.55. The molecule has 4 heteroatoms. The van der Waals surface area contributed by atoms with Crippen LogP contribution in [0.2, 0.25) is 13.3 Å². The molecule has 4 rings (SSSR count). The van der Waals surface area contributed by atoms with Crippen molar-refractivity contribution < 1.29 is 4.74 Å². The fourth-order valence-electron chi connectivity index (χ4n) is 6.13. The summed E-state index contributed by atoms with van der Waals surface area (Å²) in [5, 5.41) is 0. The van der Waals surface area contributed by atoms with Crippen LogP contribution in [0.3, 0.4) is 0 Å². The predicted octanol–water partition coefficient (Wildman–Crippen LogP) is 8.95. The summed E-state index contributed by atoms with van der Waals surface area (Å²) < 4.78 is 15.2. The fourth-order valence-corrected chi connectivity index (χ4v) is 21.5. The number of ether oxygens (including phenoxy) is 1. The number of aromatic nitrogens is 2. The number of unbranched alkanes of at least 4 members (excludes halogenated alkanes) is 3. The molecule has 3 aromatic carbocycles. The summed E-state index contributed by atoms with van der Waals surface area (Å²) in [4.78, 5) is 5.14. The van der Waals surface area contributed by atoms with Gasteiger partial charge in [0.25, 0.3) is 0 Å². The van der Waals surface area contributed by atoms with Crippen molar-refractivity contribution in [2.75, 3.05) is 6.61 Å². The summed E-state index contributed by atoms with van der Waals surface area (Å²) in [7, 11) is 0. The Labute approximate surface area is 246 Å². The van der Waals surface area contributed by atoms with Gasteiger partial charge in [-0.15, -0.1) is 0 Å². The van der Waals surface area contributed by atoms with Crippen molar-refractivity contribution in [3.63, 3.8) is 0 Å². The normalized spacial score (nSPS) is 12.1. The molecular weight excluding hydrogens is 595 g/mol. The molecule has 0 saturated carbocycles. The molecule has 0 saturated heterocycles. The molecule has 0 fully saturated rings. The molecule has 0 amide bonds. The van der Waals surface area contributed by atoms with Gasteiger partial charge in [-0.25, -0.2) is 0 Å². The Morgan fingerprint density at radius 1 is 0.650 bits per heavy atom. The zero-order valence-electron chi connectivity index (χ0n) is 24.9. The molecule has 0 spiro atoms. The van der Waals surface area contributed by atoms with Crippen molar-refractivity contribution in [3.8, 4) is 0 Å². The van der Waals surface area contributed by atoms with E-state index >= 15 is 0 Å². The Morgan fingerprint density at radius 2 is 1.07 bits per heavy atom. The number of hydrogen-bond acceptors (Lipinski definition) is 2.